The third-order valence-electron chi connectivity index (χ3n) is 2.95. The predicted octanol–water partition coefficient (Wildman–Crippen LogP) is 3.24. The van der Waals surface area contributed by atoms with Gasteiger partial charge in [-0.05, 0) is 53.5 Å². The van der Waals surface area contributed by atoms with Gasteiger partial charge in [-0.2, -0.15) is 0 Å². The molecule has 1 atom stereocenters. The van der Waals surface area contributed by atoms with Gasteiger partial charge in [0.1, 0.15) is 5.75 Å². The highest BCUT2D eigenvalue weighted by atomic mass is 79.9. The van der Waals surface area contributed by atoms with Gasteiger partial charge in [0.15, 0.2) is 6.10 Å². The number of nitrogens with zero attached hydrogens (tertiary/aromatic N) is 1. The zero-order chi connectivity index (χ0) is 15.2. The van der Waals surface area contributed by atoms with E-state index < -0.39 is 6.10 Å². The van der Waals surface area contributed by atoms with Gasteiger partial charge in [-0.3, -0.25) is 9.78 Å². The van der Waals surface area contributed by atoms with E-state index in [1.807, 2.05) is 43.3 Å². The first-order valence-corrected chi connectivity index (χ1v) is 7.46. The van der Waals surface area contributed by atoms with Gasteiger partial charge in [-0.25, -0.2) is 0 Å². The lowest BCUT2D eigenvalue weighted by atomic mass is 10.2. The Morgan fingerprint density at radius 2 is 2.10 bits per heavy atom. The Morgan fingerprint density at radius 3 is 2.76 bits per heavy atom. The van der Waals surface area contributed by atoms with E-state index in [2.05, 4.69) is 26.2 Å². The second-order valence-corrected chi connectivity index (χ2v) is 5.57. The maximum atomic E-state index is 12.0. The van der Waals surface area contributed by atoms with Crippen LogP contribution in [0.2, 0.25) is 0 Å². The molecule has 1 aromatic heterocycles. The average molecular weight is 349 g/mol. The van der Waals surface area contributed by atoms with Crippen molar-refractivity contribution in [1.82, 2.24) is 10.3 Å². The fourth-order valence-electron chi connectivity index (χ4n) is 1.72. The molecule has 21 heavy (non-hydrogen) atoms. The van der Waals surface area contributed by atoms with Crippen LogP contribution in [0.5, 0.6) is 5.75 Å². The van der Waals surface area contributed by atoms with Gasteiger partial charge in [0.2, 0.25) is 0 Å². The Hall–Kier alpha value is -1.88. The second-order valence-electron chi connectivity index (χ2n) is 4.72. The summed E-state index contributed by atoms with van der Waals surface area (Å²) < 4.78 is 6.47. The van der Waals surface area contributed by atoms with Crippen molar-refractivity contribution in [3.8, 4) is 5.75 Å². The van der Waals surface area contributed by atoms with Crippen molar-refractivity contribution in [1.29, 1.82) is 0 Å². The molecule has 0 saturated heterocycles. The van der Waals surface area contributed by atoms with Crippen LogP contribution in [0.3, 0.4) is 0 Å². The van der Waals surface area contributed by atoms with Crippen molar-refractivity contribution in [3.63, 3.8) is 0 Å². The van der Waals surface area contributed by atoms with E-state index in [9.17, 15) is 4.79 Å². The summed E-state index contributed by atoms with van der Waals surface area (Å²) in [6.07, 6.45) is 1.19. The molecule has 0 unspecified atom stereocenters. The Labute approximate surface area is 132 Å². The summed E-state index contributed by atoms with van der Waals surface area (Å²) in [6.45, 7) is 4.09. The van der Waals surface area contributed by atoms with E-state index >= 15 is 0 Å². The first-order valence-electron chi connectivity index (χ1n) is 6.66. The van der Waals surface area contributed by atoms with Gasteiger partial charge in [-0.15, -0.1) is 0 Å². The molecule has 0 bridgehead atoms. The standard InChI is InChI=1S/C16H17BrN2O2/c1-11-7-8-13(9-18-11)10-19-16(20)12(2)21-15-6-4-3-5-14(15)17/h3-9,12H,10H2,1-2H3,(H,19,20)/t12-/m0/s1. The molecule has 0 saturated carbocycles. The van der Waals surface area contributed by atoms with Gasteiger partial charge in [0.25, 0.3) is 5.91 Å². The van der Waals surface area contributed by atoms with Crippen LogP contribution in [0.1, 0.15) is 18.2 Å². The molecule has 0 aliphatic heterocycles. The summed E-state index contributed by atoms with van der Waals surface area (Å²) in [5, 5.41) is 2.84. The third-order valence-corrected chi connectivity index (χ3v) is 3.60. The maximum Gasteiger partial charge on any atom is 0.261 e. The summed E-state index contributed by atoms with van der Waals surface area (Å²) in [6, 6.07) is 11.3. The van der Waals surface area contributed by atoms with E-state index in [1.165, 1.54) is 0 Å². The summed E-state index contributed by atoms with van der Waals surface area (Å²) in [7, 11) is 0. The molecule has 1 amide bonds. The SMILES string of the molecule is Cc1ccc(CNC(=O)[C@H](C)Oc2ccccc2Br)cn1. The lowest BCUT2D eigenvalue weighted by molar-refractivity contribution is -0.127. The van der Waals surface area contributed by atoms with Crippen molar-refractivity contribution >= 4 is 21.8 Å². The summed E-state index contributed by atoms with van der Waals surface area (Å²) >= 11 is 3.39. The van der Waals surface area contributed by atoms with Gasteiger partial charge >= 0.3 is 0 Å². The number of halogens is 1. The van der Waals surface area contributed by atoms with Crippen LogP contribution < -0.4 is 10.1 Å². The minimum Gasteiger partial charge on any atom is -0.480 e. The van der Waals surface area contributed by atoms with E-state index in [-0.39, 0.29) is 5.91 Å². The Bertz CT molecular complexity index is 614. The largest absolute Gasteiger partial charge is 0.480 e. The number of rotatable bonds is 5. The monoisotopic (exact) mass is 348 g/mol. The number of nitrogens with one attached hydrogen (secondary N) is 1. The van der Waals surface area contributed by atoms with Crippen LogP contribution in [-0.2, 0) is 11.3 Å². The molecule has 5 heteroatoms. The second kappa shape index (κ2) is 7.22. The number of para-hydroxylation sites is 1. The quantitative estimate of drug-likeness (QED) is 0.902. The molecule has 4 nitrogen and oxygen atoms in total. The van der Waals surface area contributed by atoms with E-state index in [0.29, 0.717) is 12.3 Å². The van der Waals surface area contributed by atoms with Crippen LogP contribution >= 0.6 is 15.9 Å². The fourth-order valence-corrected chi connectivity index (χ4v) is 2.10. The number of carbonyl (C=O) groups is 1. The zero-order valence-electron chi connectivity index (χ0n) is 12.0. The molecule has 1 N–H and O–H groups in total. The number of aromatic nitrogens is 1. The number of ether oxygens (including phenoxy) is 1. The van der Waals surface area contributed by atoms with Crippen LogP contribution in [0.25, 0.3) is 0 Å². The fraction of sp³-hybridized carbons (Fsp3) is 0.250. The van der Waals surface area contributed by atoms with Crippen LogP contribution in [0.4, 0.5) is 0 Å². The van der Waals surface area contributed by atoms with Gasteiger partial charge in [0.05, 0.1) is 4.47 Å². The third kappa shape index (κ3) is 4.56. The van der Waals surface area contributed by atoms with E-state index in [1.54, 1.807) is 13.1 Å². The van der Waals surface area contributed by atoms with Crippen molar-refractivity contribution in [3.05, 3.63) is 58.3 Å². The van der Waals surface area contributed by atoms with E-state index in [4.69, 9.17) is 4.74 Å². The summed E-state index contributed by atoms with van der Waals surface area (Å²) in [5.41, 5.74) is 1.91. The molecular weight excluding hydrogens is 332 g/mol. The minimum absolute atomic E-state index is 0.161. The minimum atomic E-state index is -0.567. The van der Waals surface area contributed by atoms with Crippen molar-refractivity contribution < 1.29 is 9.53 Å². The molecule has 2 rings (SSSR count). The first kappa shape index (κ1) is 15.5. The molecular formula is C16H17BrN2O2. The highest BCUT2D eigenvalue weighted by molar-refractivity contribution is 9.10. The maximum absolute atomic E-state index is 12.0. The number of carbonyl (C=O) groups excluding carboxylic acids is 1. The number of hydrogen-bond acceptors (Lipinski definition) is 3. The number of hydrogen-bond donors (Lipinski definition) is 1. The lowest BCUT2D eigenvalue weighted by Crippen LogP contribution is -2.36. The van der Waals surface area contributed by atoms with Crippen molar-refractivity contribution in [2.24, 2.45) is 0 Å². The predicted molar refractivity (Wildman–Crippen MR) is 85.1 cm³/mol. The Balaban J connectivity index is 1.88. The lowest BCUT2D eigenvalue weighted by Gasteiger charge is -2.15. The van der Waals surface area contributed by atoms with Crippen molar-refractivity contribution in [2.75, 3.05) is 0 Å². The summed E-state index contributed by atoms with van der Waals surface area (Å²) in [4.78, 5) is 16.2. The van der Waals surface area contributed by atoms with E-state index in [0.717, 1.165) is 15.7 Å². The zero-order valence-corrected chi connectivity index (χ0v) is 13.6. The van der Waals surface area contributed by atoms with Crippen LogP contribution in [-0.4, -0.2) is 17.0 Å². The first-order chi connectivity index (χ1) is 10.1. The molecule has 0 spiro atoms. The topological polar surface area (TPSA) is 51.2 Å². The normalized spacial score (nSPS) is 11.8. The number of benzene rings is 1. The number of amides is 1. The Kier molecular flexibility index (Phi) is 5.33. The Morgan fingerprint density at radius 1 is 1.33 bits per heavy atom. The van der Waals surface area contributed by atoms with Gasteiger partial charge in [0, 0.05) is 18.4 Å². The molecule has 0 aliphatic rings. The smallest absolute Gasteiger partial charge is 0.261 e. The molecule has 1 heterocycles. The highest BCUT2D eigenvalue weighted by Gasteiger charge is 2.15. The molecule has 0 aliphatic carbocycles. The molecule has 110 valence electrons. The van der Waals surface area contributed by atoms with Gasteiger partial charge < -0.3 is 10.1 Å². The highest BCUT2D eigenvalue weighted by Crippen LogP contribution is 2.24. The molecule has 1 aromatic carbocycles. The summed E-state index contributed by atoms with van der Waals surface area (Å²) in [5.74, 6) is 0.489. The number of pyridine rings is 1. The van der Waals surface area contributed by atoms with Crippen LogP contribution in [0, 0.1) is 6.92 Å². The average Bonchev–Trinajstić information content (AvgIpc) is 2.48. The molecule has 0 radical (unpaired) electrons. The molecule has 2 aromatic rings. The van der Waals surface area contributed by atoms with Crippen LogP contribution in [0.15, 0.2) is 47.1 Å². The van der Waals surface area contributed by atoms with Crippen molar-refractivity contribution in [2.45, 2.75) is 26.5 Å². The number of aryl methyl sites for hydroxylation is 1. The van der Waals surface area contributed by atoms with Gasteiger partial charge in [-0.1, -0.05) is 18.2 Å². The molecule has 0 fully saturated rings.